The zero-order chi connectivity index (χ0) is 11.8. The molecule has 2 nitrogen and oxygen atoms in total. The fourth-order valence-electron chi connectivity index (χ4n) is 2.59. The van der Waals surface area contributed by atoms with Gasteiger partial charge in [-0.15, -0.1) is 0 Å². The van der Waals surface area contributed by atoms with Crippen LogP contribution in [-0.2, 0) is 10.3 Å². The molecule has 1 aromatic carbocycles. The van der Waals surface area contributed by atoms with Gasteiger partial charge in [-0.2, -0.15) is 0 Å². The van der Waals surface area contributed by atoms with Crippen molar-refractivity contribution in [1.29, 1.82) is 0 Å². The van der Waals surface area contributed by atoms with E-state index in [1.54, 1.807) is 0 Å². The second-order valence-corrected chi connectivity index (χ2v) is 5.15. The van der Waals surface area contributed by atoms with E-state index < -0.39 is 0 Å². The van der Waals surface area contributed by atoms with Crippen molar-refractivity contribution < 1.29 is 4.74 Å². The van der Waals surface area contributed by atoms with Gasteiger partial charge >= 0.3 is 0 Å². The smallest absolute Gasteiger partial charge is 0.0920 e. The van der Waals surface area contributed by atoms with Crippen LogP contribution in [0.3, 0.4) is 0 Å². The number of rotatable bonds is 1. The van der Waals surface area contributed by atoms with Crippen molar-refractivity contribution >= 4 is 0 Å². The van der Waals surface area contributed by atoms with E-state index in [4.69, 9.17) is 10.5 Å². The average molecular weight is 219 g/mol. The summed E-state index contributed by atoms with van der Waals surface area (Å²) in [4.78, 5) is 0. The third-order valence-electron chi connectivity index (χ3n) is 3.52. The summed E-state index contributed by atoms with van der Waals surface area (Å²) in [7, 11) is 0. The minimum absolute atomic E-state index is 0.201. The average Bonchev–Trinajstić information content (AvgIpc) is 2.21. The number of nitrogens with two attached hydrogens (primary N) is 1. The highest BCUT2D eigenvalue weighted by atomic mass is 16.5. The van der Waals surface area contributed by atoms with Crippen molar-refractivity contribution in [2.24, 2.45) is 5.73 Å². The summed E-state index contributed by atoms with van der Waals surface area (Å²) in [5, 5.41) is 0. The van der Waals surface area contributed by atoms with E-state index in [9.17, 15) is 0 Å². The van der Waals surface area contributed by atoms with Gasteiger partial charge in [-0.25, -0.2) is 0 Å². The number of hydrogen-bond acceptors (Lipinski definition) is 2. The molecule has 2 rings (SSSR count). The van der Waals surface area contributed by atoms with Crippen molar-refractivity contribution in [3.8, 4) is 0 Å². The van der Waals surface area contributed by atoms with Gasteiger partial charge in [0, 0.05) is 12.6 Å². The fraction of sp³-hybridized carbons (Fsp3) is 0.571. The molecule has 0 bridgehead atoms. The van der Waals surface area contributed by atoms with Crippen LogP contribution in [0.5, 0.6) is 0 Å². The van der Waals surface area contributed by atoms with Crippen LogP contribution in [0.15, 0.2) is 18.2 Å². The Morgan fingerprint density at radius 3 is 2.81 bits per heavy atom. The third kappa shape index (κ3) is 2.13. The summed E-state index contributed by atoms with van der Waals surface area (Å²) >= 11 is 0. The maximum Gasteiger partial charge on any atom is 0.0920 e. The molecule has 1 fully saturated rings. The van der Waals surface area contributed by atoms with Crippen molar-refractivity contribution in [3.63, 3.8) is 0 Å². The summed E-state index contributed by atoms with van der Waals surface area (Å²) in [6.07, 6.45) is 1.89. The molecule has 0 saturated carbocycles. The van der Waals surface area contributed by atoms with Crippen LogP contribution < -0.4 is 5.73 Å². The Morgan fingerprint density at radius 2 is 2.12 bits per heavy atom. The lowest BCUT2D eigenvalue weighted by atomic mass is 9.83. The monoisotopic (exact) mass is 219 g/mol. The molecule has 0 aromatic heterocycles. The van der Waals surface area contributed by atoms with Gasteiger partial charge < -0.3 is 10.5 Å². The highest BCUT2D eigenvalue weighted by Crippen LogP contribution is 2.36. The molecule has 0 amide bonds. The molecule has 0 radical (unpaired) electrons. The topological polar surface area (TPSA) is 35.2 Å². The molecule has 2 atom stereocenters. The predicted octanol–water partition coefficient (Wildman–Crippen LogP) is 2.66. The largest absolute Gasteiger partial charge is 0.370 e. The standard InChI is InChI=1S/C14H21NO/c1-10-4-5-11(2)13(8-10)14(3)9-12(15)6-7-16-14/h4-5,8,12H,6-7,9,15H2,1-3H3. The van der Waals surface area contributed by atoms with Crippen LogP contribution in [0.1, 0.15) is 36.5 Å². The molecular formula is C14H21NO. The zero-order valence-electron chi connectivity index (χ0n) is 10.4. The van der Waals surface area contributed by atoms with Crippen LogP contribution in [0, 0.1) is 13.8 Å². The minimum Gasteiger partial charge on any atom is -0.370 e. The molecular weight excluding hydrogens is 198 g/mol. The maximum atomic E-state index is 6.06. The first-order valence-electron chi connectivity index (χ1n) is 5.98. The fourth-order valence-corrected chi connectivity index (χ4v) is 2.59. The number of ether oxygens (including phenoxy) is 1. The molecule has 1 aliphatic heterocycles. The highest BCUT2D eigenvalue weighted by Gasteiger charge is 2.34. The Balaban J connectivity index is 2.37. The molecule has 2 N–H and O–H groups in total. The summed E-state index contributed by atoms with van der Waals surface area (Å²) < 4.78 is 5.98. The normalized spacial score (nSPS) is 30.4. The number of hydrogen-bond donors (Lipinski definition) is 1. The zero-order valence-corrected chi connectivity index (χ0v) is 10.4. The third-order valence-corrected chi connectivity index (χ3v) is 3.52. The molecule has 1 heterocycles. The van der Waals surface area contributed by atoms with Gasteiger partial charge in [0.1, 0.15) is 0 Å². The van der Waals surface area contributed by atoms with Crippen molar-refractivity contribution in [2.75, 3.05) is 6.61 Å². The van der Waals surface area contributed by atoms with E-state index in [2.05, 4.69) is 39.0 Å². The Labute approximate surface area is 97.8 Å². The number of aryl methyl sites for hydroxylation is 2. The van der Waals surface area contributed by atoms with Gasteiger partial charge in [-0.05, 0) is 44.7 Å². The van der Waals surface area contributed by atoms with E-state index in [0.29, 0.717) is 0 Å². The van der Waals surface area contributed by atoms with E-state index in [-0.39, 0.29) is 11.6 Å². The van der Waals surface area contributed by atoms with Gasteiger partial charge in [0.2, 0.25) is 0 Å². The molecule has 2 unspecified atom stereocenters. The second kappa shape index (κ2) is 4.19. The summed E-state index contributed by atoms with van der Waals surface area (Å²) in [5.41, 5.74) is 9.73. The Bertz CT molecular complexity index is 388. The lowest BCUT2D eigenvalue weighted by Gasteiger charge is -2.38. The molecule has 0 spiro atoms. The van der Waals surface area contributed by atoms with Crippen LogP contribution in [0.4, 0.5) is 0 Å². The summed E-state index contributed by atoms with van der Waals surface area (Å²) in [6.45, 7) is 7.19. The van der Waals surface area contributed by atoms with Gasteiger partial charge in [0.05, 0.1) is 5.60 Å². The van der Waals surface area contributed by atoms with E-state index >= 15 is 0 Å². The molecule has 1 aromatic rings. The highest BCUT2D eigenvalue weighted by molar-refractivity contribution is 5.35. The first kappa shape index (κ1) is 11.6. The molecule has 1 aliphatic rings. The Hall–Kier alpha value is -0.860. The predicted molar refractivity (Wildman–Crippen MR) is 66.4 cm³/mol. The molecule has 1 saturated heterocycles. The first-order chi connectivity index (χ1) is 7.51. The van der Waals surface area contributed by atoms with Crippen LogP contribution >= 0.6 is 0 Å². The SMILES string of the molecule is Cc1ccc(C)c(C2(C)CC(N)CCO2)c1. The Kier molecular flexibility index (Phi) is 3.04. The van der Waals surface area contributed by atoms with E-state index in [0.717, 1.165) is 19.4 Å². The molecule has 2 heteroatoms. The van der Waals surface area contributed by atoms with E-state index in [1.165, 1.54) is 16.7 Å². The molecule has 16 heavy (non-hydrogen) atoms. The second-order valence-electron chi connectivity index (χ2n) is 5.15. The first-order valence-corrected chi connectivity index (χ1v) is 5.98. The van der Waals surface area contributed by atoms with Gasteiger partial charge in [0.25, 0.3) is 0 Å². The van der Waals surface area contributed by atoms with Gasteiger partial charge in [-0.1, -0.05) is 23.8 Å². The number of benzene rings is 1. The molecule has 88 valence electrons. The summed E-state index contributed by atoms with van der Waals surface area (Å²) in [5.74, 6) is 0. The minimum atomic E-state index is -0.201. The Morgan fingerprint density at radius 1 is 1.38 bits per heavy atom. The van der Waals surface area contributed by atoms with Crippen LogP contribution in [-0.4, -0.2) is 12.6 Å². The van der Waals surface area contributed by atoms with Crippen LogP contribution in [0.25, 0.3) is 0 Å². The van der Waals surface area contributed by atoms with Crippen LogP contribution in [0.2, 0.25) is 0 Å². The van der Waals surface area contributed by atoms with Gasteiger partial charge in [-0.3, -0.25) is 0 Å². The lowest BCUT2D eigenvalue weighted by Crippen LogP contribution is -2.41. The lowest BCUT2D eigenvalue weighted by molar-refractivity contribution is -0.0770. The maximum absolute atomic E-state index is 6.06. The molecule has 0 aliphatic carbocycles. The van der Waals surface area contributed by atoms with Crippen molar-refractivity contribution in [3.05, 3.63) is 34.9 Å². The van der Waals surface area contributed by atoms with Crippen molar-refractivity contribution in [1.82, 2.24) is 0 Å². The summed E-state index contributed by atoms with van der Waals surface area (Å²) in [6, 6.07) is 6.80. The quantitative estimate of drug-likeness (QED) is 0.788. The van der Waals surface area contributed by atoms with Gasteiger partial charge in [0.15, 0.2) is 0 Å². The van der Waals surface area contributed by atoms with Crippen molar-refractivity contribution in [2.45, 2.75) is 45.3 Å². The van der Waals surface area contributed by atoms with E-state index in [1.807, 2.05) is 0 Å².